The van der Waals surface area contributed by atoms with Crippen molar-refractivity contribution in [1.82, 2.24) is 0 Å². The molecule has 0 bridgehead atoms. The van der Waals surface area contributed by atoms with E-state index in [2.05, 4.69) is 4.98 Å². The number of benzene rings is 3. The number of aromatic amines is 1. The molecule has 1 N–H and O–H groups in total. The minimum absolute atomic E-state index is 0.0319. The summed E-state index contributed by atoms with van der Waals surface area (Å²) in [4.78, 5) is 19.7. The molecule has 2 heterocycles. The number of carbonyl (C=O) groups is 1. The van der Waals surface area contributed by atoms with Crippen LogP contribution in [0.3, 0.4) is 0 Å². The summed E-state index contributed by atoms with van der Waals surface area (Å²) in [6, 6.07) is 23.7. The molecular weight excluding hydrogens is 539 g/mol. The summed E-state index contributed by atoms with van der Waals surface area (Å²) in [5.74, 6) is -0.580. The van der Waals surface area contributed by atoms with Crippen LogP contribution in [0.5, 0.6) is 0 Å². The number of alkyl halides is 3. The molecule has 0 aliphatic carbocycles. The first kappa shape index (κ1) is 25.2. The maximum Gasteiger partial charge on any atom is 0.418 e. The SMILES string of the molecule is N#Cc1c(C(F)(F)F)cc(-c2ccccc2)[nH+]c1SCC(=O)N1c2ccccc2Sc2ccc(Cl)cc21. The van der Waals surface area contributed by atoms with Crippen molar-refractivity contribution in [3.63, 3.8) is 0 Å². The van der Waals surface area contributed by atoms with Crippen LogP contribution < -0.4 is 9.88 Å². The lowest BCUT2D eigenvalue weighted by atomic mass is 10.1. The number of pyridine rings is 1. The number of carbonyl (C=O) groups excluding carboxylic acids is 1. The predicted octanol–water partition coefficient (Wildman–Crippen LogP) is 7.63. The molecule has 10 heteroatoms. The fourth-order valence-electron chi connectivity index (χ4n) is 3.97. The number of nitriles is 1. The van der Waals surface area contributed by atoms with Gasteiger partial charge in [-0.2, -0.15) is 23.4 Å². The van der Waals surface area contributed by atoms with Crippen LogP contribution >= 0.6 is 35.1 Å². The van der Waals surface area contributed by atoms with Gasteiger partial charge in [0.1, 0.15) is 11.6 Å². The number of nitrogens with zero attached hydrogens (tertiary/aromatic N) is 2. The summed E-state index contributed by atoms with van der Waals surface area (Å²) in [6.07, 6.45) is -4.75. The van der Waals surface area contributed by atoms with E-state index in [1.54, 1.807) is 54.6 Å². The highest BCUT2D eigenvalue weighted by Crippen LogP contribution is 2.49. The number of rotatable bonds is 4. The molecule has 0 atom stereocenters. The maximum atomic E-state index is 13.9. The Morgan fingerprint density at radius 3 is 2.43 bits per heavy atom. The number of halogens is 4. The summed E-state index contributed by atoms with van der Waals surface area (Å²) in [6.45, 7) is 0. The molecule has 0 saturated heterocycles. The van der Waals surface area contributed by atoms with Crippen LogP contribution in [0.4, 0.5) is 24.5 Å². The molecule has 0 spiro atoms. The van der Waals surface area contributed by atoms with Gasteiger partial charge in [0, 0.05) is 26.4 Å². The van der Waals surface area contributed by atoms with E-state index in [1.165, 1.54) is 16.7 Å². The van der Waals surface area contributed by atoms with Crippen molar-refractivity contribution in [2.75, 3.05) is 10.7 Å². The monoisotopic (exact) mass is 554 g/mol. The average Bonchev–Trinajstić information content (AvgIpc) is 2.89. The smallest absolute Gasteiger partial charge is 0.278 e. The third kappa shape index (κ3) is 5.05. The summed E-state index contributed by atoms with van der Waals surface area (Å²) >= 11 is 8.58. The fraction of sp³-hybridized carbons (Fsp3) is 0.0741. The standard InChI is InChI=1S/C27H15ClF3N3OS2/c28-17-10-11-24-22(12-17)34(21-8-4-5-9-23(21)37-24)25(35)15-36-26-18(14-32)19(27(29,30)31)13-20(33-26)16-6-2-1-3-7-16/h1-13H,15H2/p+1. The molecule has 0 unspecified atom stereocenters. The maximum absolute atomic E-state index is 13.9. The molecule has 0 saturated carbocycles. The van der Waals surface area contributed by atoms with Gasteiger partial charge in [-0.25, -0.2) is 0 Å². The molecule has 0 fully saturated rings. The number of anilines is 2. The molecule has 4 nitrogen and oxygen atoms in total. The minimum atomic E-state index is -4.75. The Kier molecular flexibility index (Phi) is 6.90. The number of para-hydroxylation sites is 1. The summed E-state index contributed by atoms with van der Waals surface area (Å²) < 4.78 is 41.7. The third-order valence-electron chi connectivity index (χ3n) is 5.61. The lowest BCUT2D eigenvalue weighted by molar-refractivity contribution is -0.414. The van der Waals surface area contributed by atoms with Crippen molar-refractivity contribution in [2.24, 2.45) is 0 Å². The van der Waals surface area contributed by atoms with Crippen molar-refractivity contribution in [2.45, 2.75) is 21.0 Å². The Hall–Kier alpha value is -3.45. The van der Waals surface area contributed by atoms with Gasteiger partial charge in [-0.15, -0.1) is 0 Å². The molecule has 5 rings (SSSR count). The minimum Gasteiger partial charge on any atom is -0.278 e. The Morgan fingerprint density at radius 1 is 1.00 bits per heavy atom. The molecule has 0 radical (unpaired) electrons. The molecule has 1 aliphatic rings. The number of fused-ring (bicyclic) bond motifs is 2. The second kappa shape index (κ2) is 10.1. The Balaban J connectivity index is 1.53. The highest BCUT2D eigenvalue weighted by atomic mass is 35.5. The Labute approximate surface area is 224 Å². The van der Waals surface area contributed by atoms with E-state index in [0.717, 1.165) is 27.6 Å². The molecule has 3 aromatic carbocycles. The van der Waals surface area contributed by atoms with Gasteiger partial charge in [0.25, 0.3) is 5.03 Å². The zero-order valence-electron chi connectivity index (χ0n) is 18.8. The van der Waals surface area contributed by atoms with Gasteiger partial charge in [0.05, 0.1) is 22.7 Å². The van der Waals surface area contributed by atoms with Gasteiger partial charge in [-0.05, 0) is 54.2 Å². The average molecular weight is 555 g/mol. The second-order valence-corrected chi connectivity index (χ2v) is 10.5. The summed E-state index contributed by atoms with van der Waals surface area (Å²) in [7, 11) is 0. The summed E-state index contributed by atoms with van der Waals surface area (Å²) in [5.41, 5.74) is 0.365. The van der Waals surface area contributed by atoms with Gasteiger partial charge in [0.15, 0.2) is 0 Å². The third-order valence-corrected chi connectivity index (χ3v) is 7.96. The Bertz CT molecular complexity index is 1560. The van der Waals surface area contributed by atoms with Gasteiger partial charge in [0.2, 0.25) is 11.6 Å². The normalized spacial score (nSPS) is 12.5. The zero-order valence-corrected chi connectivity index (χ0v) is 21.2. The number of thioether (sulfide) groups is 1. The van der Waals surface area contributed by atoms with Crippen molar-refractivity contribution in [3.05, 3.63) is 95.0 Å². The van der Waals surface area contributed by atoms with E-state index >= 15 is 0 Å². The number of aromatic nitrogens is 1. The van der Waals surface area contributed by atoms with Crippen LogP contribution in [0, 0.1) is 11.3 Å². The molecule has 184 valence electrons. The lowest BCUT2D eigenvalue weighted by Gasteiger charge is -2.31. The molecule has 1 aliphatic heterocycles. The molecule has 4 aromatic rings. The molecular formula is C27H16ClF3N3OS2+. The van der Waals surface area contributed by atoms with Crippen LogP contribution in [0.2, 0.25) is 5.02 Å². The first-order valence-corrected chi connectivity index (χ1v) is 13.1. The van der Waals surface area contributed by atoms with Crippen molar-refractivity contribution in [3.8, 4) is 17.3 Å². The first-order chi connectivity index (χ1) is 17.8. The summed E-state index contributed by atoms with van der Waals surface area (Å²) in [5, 5.41) is 10.1. The van der Waals surface area contributed by atoms with E-state index in [1.807, 2.05) is 24.3 Å². The molecule has 1 amide bonds. The second-order valence-electron chi connectivity index (χ2n) is 7.98. The van der Waals surface area contributed by atoms with Crippen molar-refractivity contribution in [1.29, 1.82) is 5.26 Å². The van der Waals surface area contributed by atoms with E-state index in [4.69, 9.17) is 11.6 Å². The van der Waals surface area contributed by atoms with E-state index in [0.29, 0.717) is 22.0 Å². The van der Waals surface area contributed by atoms with Crippen LogP contribution in [0.1, 0.15) is 11.1 Å². The van der Waals surface area contributed by atoms with Gasteiger partial charge in [-0.1, -0.05) is 53.7 Å². The van der Waals surface area contributed by atoms with E-state index < -0.39 is 17.3 Å². The van der Waals surface area contributed by atoms with Crippen LogP contribution in [0.15, 0.2) is 93.7 Å². The molecule has 37 heavy (non-hydrogen) atoms. The first-order valence-electron chi connectivity index (χ1n) is 10.9. The quantitative estimate of drug-likeness (QED) is 0.243. The van der Waals surface area contributed by atoms with Gasteiger partial charge in [-0.3, -0.25) is 9.69 Å². The van der Waals surface area contributed by atoms with E-state index in [9.17, 15) is 23.2 Å². The molecule has 1 aromatic heterocycles. The Morgan fingerprint density at radius 2 is 1.70 bits per heavy atom. The van der Waals surface area contributed by atoms with E-state index in [-0.39, 0.29) is 22.4 Å². The largest absolute Gasteiger partial charge is 0.418 e. The fourth-order valence-corrected chi connectivity index (χ4v) is 6.05. The zero-order chi connectivity index (χ0) is 26.2. The van der Waals surface area contributed by atoms with Crippen molar-refractivity contribution < 1.29 is 22.9 Å². The van der Waals surface area contributed by atoms with Crippen molar-refractivity contribution >= 4 is 52.4 Å². The van der Waals surface area contributed by atoms with Crippen LogP contribution in [-0.4, -0.2) is 11.7 Å². The van der Waals surface area contributed by atoms with Crippen LogP contribution in [0.25, 0.3) is 11.3 Å². The predicted molar refractivity (Wildman–Crippen MR) is 138 cm³/mol. The highest BCUT2D eigenvalue weighted by Gasteiger charge is 2.39. The topological polar surface area (TPSA) is 58.2 Å². The van der Waals surface area contributed by atoms with Gasteiger partial charge >= 0.3 is 6.18 Å². The van der Waals surface area contributed by atoms with Gasteiger partial charge < -0.3 is 0 Å². The number of nitrogens with one attached hydrogen (secondary N) is 1. The highest BCUT2D eigenvalue weighted by molar-refractivity contribution is 8.00. The number of hydrogen-bond donors (Lipinski definition) is 0. The number of H-pyrrole nitrogens is 1. The van der Waals surface area contributed by atoms with Crippen LogP contribution in [-0.2, 0) is 11.0 Å². The number of hydrogen-bond acceptors (Lipinski definition) is 4. The lowest BCUT2D eigenvalue weighted by Crippen LogP contribution is -2.30. The number of amides is 1.